The normalized spacial score (nSPS) is 21.7. The Balaban J connectivity index is 1.05. The van der Waals surface area contributed by atoms with Crippen LogP contribution in [0.5, 0.6) is 0 Å². The van der Waals surface area contributed by atoms with E-state index in [1.54, 1.807) is 0 Å². The Morgan fingerprint density at radius 3 is 1.66 bits per heavy atom. The zero-order valence-electron chi connectivity index (χ0n) is 50.5. The van der Waals surface area contributed by atoms with Crippen LogP contribution in [0, 0.1) is 6.92 Å². The third kappa shape index (κ3) is 7.12. The minimum absolute atomic E-state index is 0.0113. The molecule has 412 valence electrons. The lowest BCUT2D eigenvalue weighted by molar-refractivity contribution is 0.195. The molecule has 2 unspecified atom stereocenters. The zero-order chi connectivity index (χ0) is 56.9. The fraction of sp³-hybridized carbons (Fsp3) is 0.308. The van der Waals surface area contributed by atoms with Crippen molar-refractivity contribution in [2.24, 2.45) is 0 Å². The van der Waals surface area contributed by atoms with Crippen LogP contribution in [0.15, 0.2) is 180 Å². The predicted octanol–water partition coefficient (Wildman–Crippen LogP) is 19.4. The smallest absolute Gasteiger partial charge is 0.252 e. The Hall–Kier alpha value is -7.76. The van der Waals surface area contributed by atoms with Crippen LogP contribution < -0.4 is 31.1 Å². The van der Waals surface area contributed by atoms with E-state index in [4.69, 9.17) is 4.42 Å². The van der Waals surface area contributed by atoms with Gasteiger partial charge in [-0.15, -0.1) is 0 Å². The van der Waals surface area contributed by atoms with Gasteiger partial charge < -0.3 is 19.1 Å². The molecular formula is C78H76BN3O. The first-order valence-electron chi connectivity index (χ1n) is 31.0. The molecule has 3 aliphatic heterocycles. The molecule has 0 N–H and O–H groups in total. The Morgan fingerprint density at radius 1 is 0.386 bits per heavy atom. The summed E-state index contributed by atoms with van der Waals surface area (Å²) < 4.78 is 6.63. The van der Waals surface area contributed by atoms with E-state index in [0.29, 0.717) is 0 Å². The van der Waals surface area contributed by atoms with Crippen molar-refractivity contribution in [1.82, 2.24) is 0 Å². The summed E-state index contributed by atoms with van der Waals surface area (Å²) in [6.45, 7) is 27.4. The van der Waals surface area contributed by atoms with E-state index in [9.17, 15) is 0 Å². The fourth-order valence-electron chi connectivity index (χ4n) is 17.7. The molecule has 4 heterocycles. The number of aryl methyl sites for hydroxylation is 1. The molecule has 1 aromatic heterocycles. The van der Waals surface area contributed by atoms with E-state index in [0.717, 1.165) is 53.3 Å². The summed E-state index contributed by atoms with van der Waals surface area (Å²) in [6, 6.07) is 68.5. The van der Waals surface area contributed by atoms with Gasteiger partial charge >= 0.3 is 0 Å². The minimum atomic E-state index is -0.203. The number of para-hydroxylation sites is 1. The van der Waals surface area contributed by atoms with Crippen LogP contribution in [0.1, 0.15) is 148 Å². The SMILES string of the molecule is Cc1cc2c(cc1N1c3ccc(-c4ccccc4)cc3B3c4cc5c(cc4N(c4ccc6oc7ccccc7c6c4)c4cc(N6c7ccc(-c8ccccc8)cc7C7(C)CCCCC67C)cc1c43)C(C)(C)CC5(C)C)C(C)(C)CCC2(C)C. The monoisotopic (exact) mass is 1080 g/mol. The highest BCUT2D eigenvalue weighted by Crippen LogP contribution is 2.63. The quantitative estimate of drug-likeness (QED) is 0.160. The van der Waals surface area contributed by atoms with Gasteiger partial charge in [-0.1, -0.05) is 184 Å². The lowest BCUT2D eigenvalue weighted by Crippen LogP contribution is -2.62. The number of benzene rings is 9. The minimum Gasteiger partial charge on any atom is -0.456 e. The average Bonchev–Trinajstić information content (AvgIpc) is 1.77. The van der Waals surface area contributed by atoms with Gasteiger partial charge in [0.1, 0.15) is 11.2 Å². The van der Waals surface area contributed by atoms with E-state index in [-0.39, 0.29) is 39.3 Å². The maximum absolute atomic E-state index is 6.63. The number of fused-ring (bicyclic) bond motifs is 12. The van der Waals surface area contributed by atoms with Gasteiger partial charge in [0.15, 0.2) is 0 Å². The van der Waals surface area contributed by atoms with Crippen LogP contribution >= 0.6 is 0 Å². The second-order valence-electron chi connectivity index (χ2n) is 29.0. The first-order chi connectivity index (χ1) is 39.7. The molecule has 3 aliphatic carbocycles. The van der Waals surface area contributed by atoms with Crippen LogP contribution in [-0.4, -0.2) is 12.3 Å². The number of hydrogen-bond acceptors (Lipinski definition) is 4. The van der Waals surface area contributed by atoms with Gasteiger partial charge in [0.05, 0.1) is 5.54 Å². The molecule has 5 heteroatoms. The first-order valence-corrected chi connectivity index (χ1v) is 31.0. The second kappa shape index (κ2) is 17.2. The molecular weight excluding hydrogens is 1010 g/mol. The van der Waals surface area contributed by atoms with E-state index >= 15 is 0 Å². The van der Waals surface area contributed by atoms with Crippen molar-refractivity contribution in [3.63, 3.8) is 0 Å². The summed E-state index contributed by atoms with van der Waals surface area (Å²) in [5, 5.41) is 2.28. The molecule has 1 saturated carbocycles. The number of nitrogens with zero attached hydrogens (tertiary/aromatic N) is 3. The lowest BCUT2D eigenvalue weighted by atomic mass is 9.33. The lowest BCUT2D eigenvalue weighted by Gasteiger charge is -2.51. The van der Waals surface area contributed by atoms with Crippen molar-refractivity contribution < 1.29 is 4.42 Å². The van der Waals surface area contributed by atoms with Crippen molar-refractivity contribution in [1.29, 1.82) is 0 Å². The van der Waals surface area contributed by atoms with Crippen molar-refractivity contribution in [2.45, 2.75) is 154 Å². The van der Waals surface area contributed by atoms with Crippen LogP contribution in [0.25, 0.3) is 44.2 Å². The summed E-state index contributed by atoms with van der Waals surface area (Å²) in [4.78, 5) is 8.28. The molecule has 16 rings (SSSR count). The van der Waals surface area contributed by atoms with Crippen LogP contribution in [0.4, 0.5) is 45.5 Å². The maximum atomic E-state index is 6.63. The van der Waals surface area contributed by atoms with Crippen LogP contribution in [0.2, 0.25) is 0 Å². The largest absolute Gasteiger partial charge is 0.456 e. The van der Waals surface area contributed by atoms with Gasteiger partial charge in [0, 0.05) is 61.7 Å². The second-order valence-corrected chi connectivity index (χ2v) is 29.0. The molecule has 0 amide bonds. The molecule has 9 aromatic carbocycles. The van der Waals surface area contributed by atoms with Gasteiger partial charge in [-0.05, 0) is 206 Å². The van der Waals surface area contributed by atoms with Gasteiger partial charge in [-0.25, -0.2) is 0 Å². The first kappa shape index (κ1) is 50.9. The predicted molar refractivity (Wildman–Crippen MR) is 352 cm³/mol. The summed E-state index contributed by atoms with van der Waals surface area (Å²) in [7, 11) is 0. The highest BCUT2D eigenvalue weighted by atomic mass is 16.3. The Kier molecular flexibility index (Phi) is 10.5. The molecule has 83 heavy (non-hydrogen) atoms. The van der Waals surface area contributed by atoms with E-state index < -0.39 is 0 Å². The molecule has 0 saturated heterocycles. The molecule has 0 radical (unpaired) electrons. The van der Waals surface area contributed by atoms with Crippen molar-refractivity contribution >= 4 is 90.5 Å². The van der Waals surface area contributed by atoms with Crippen molar-refractivity contribution in [2.75, 3.05) is 14.7 Å². The Morgan fingerprint density at radius 2 is 0.952 bits per heavy atom. The molecule has 0 bridgehead atoms. The van der Waals surface area contributed by atoms with Gasteiger partial charge in [-0.2, -0.15) is 0 Å². The topological polar surface area (TPSA) is 22.9 Å². The highest BCUT2D eigenvalue weighted by molar-refractivity contribution is 7.00. The maximum Gasteiger partial charge on any atom is 0.252 e. The van der Waals surface area contributed by atoms with Gasteiger partial charge in [0.25, 0.3) is 6.71 Å². The molecule has 4 nitrogen and oxygen atoms in total. The molecule has 6 aliphatic rings. The molecule has 0 spiro atoms. The molecule has 2 atom stereocenters. The summed E-state index contributed by atoms with van der Waals surface area (Å²) in [6.07, 6.45) is 8.07. The average molecular weight is 1080 g/mol. The van der Waals surface area contributed by atoms with Crippen molar-refractivity contribution in [3.8, 4) is 22.3 Å². The number of anilines is 8. The third-order valence-electron chi connectivity index (χ3n) is 22.1. The van der Waals surface area contributed by atoms with Gasteiger partial charge in [-0.3, -0.25) is 0 Å². The zero-order valence-corrected chi connectivity index (χ0v) is 50.5. The Bertz CT molecular complexity index is 4390. The molecule has 1 fully saturated rings. The standard InChI is InChI=1S/C78H76BN3O/c1-48-38-57-59(74(4,5)37-36-73(57,2)3)45-66(48)81-65-32-29-52(50-24-16-13-17-25-50)40-62(65)79-63-44-58-60(76(8,9)47-75(58,6)7)46-67(63)80(53-30-33-71-56(41-53)55-26-18-19-27-70(55)83-71)68-42-54(43-69(81)72(68)79)82-64-31-28-51(49-22-14-12-15-23-49)39-61(64)77(10)34-20-21-35-78(77,82)11/h12-19,22-33,38-46H,20-21,34-37,47H2,1-11H3. The molecule has 10 aromatic rings. The summed E-state index contributed by atoms with van der Waals surface area (Å²) in [5.74, 6) is 0. The van der Waals surface area contributed by atoms with Crippen LogP contribution in [0.3, 0.4) is 0 Å². The van der Waals surface area contributed by atoms with E-state index in [1.807, 2.05) is 0 Å². The van der Waals surface area contributed by atoms with Crippen molar-refractivity contribution in [3.05, 3.63) is 209 Å². The summed E-state index contributed by atoms with van der Waals surface area (Å²) >= 11 is 0. The van der Waals surface area contributed by atoms with E-state index in [2.05, 4.69) is 267 Å². The number of hydrogen-bond donors (Lipinski definition) is 0. The third-order valence-corrected chi connectivity index (χ3v) is 22.1. The summed E-state index contributed by atoms with van der Waals surface area (Å²) in [5.41, 5.74) is 29.4. The highest BCUT2D eigenvalue weighted by Gasteiger charge is 2.58. The fourth-order valence-corrected chi connectivity index (χ4v) is 17.7. The van der Waals surface area contributed by atoms with E-state index in [1.165, 1.54) is 131 Å². The van der Waals surface area contributed by atoms with Crippen LogP contribution in [-0.2, 0) is 27.1 Å². The Labute approximate surface area is 492 Å². The van der Waals surface area contributed by atoms with Gasteiger partial charge in [0.2, 0.25) is 0 Å². The number of rotatable bonds is 5. The number of furan rings is 1.